The summed E-state index contributed by atoms with van der Waals surface area (Å²) in [5, 5.41) is 3.01. The van der Waals surface area contributed by atoms with Gasteiger partial charge in [0.15, 0.2) is 0 Å². The SMILES string of the molecule is COC(=O)N1CCC(NC(=O)CCOc2ccc(C(C)C)cc2)CC1. The minimum absolute atomic E-state index is 0.0182. The predicted octanol–water partition coefficient (Wildman–Crippen LogP) is 2.93. The van der Waals surface area contributed by atoms with Gasteiger partial charge in [0.1, 0.15) is 5.75 Å². The molecule has 0 aliphatic carbocycles. The Labute approximate surface area is 149 Å². The zero-order valence-electron chi connectivity index (χ0n) is 15.3. The van der Waals surface area contributed by atoms with Gasteiger partial charge < -0.3 is 19.7 Å². The highest BCUT2D eigenvalue weighted by molar-refractivity contribution is 5.76. The molecule has 0 bridgehead atoms. The van der Waals surface area contributed by atoms with Gasteiger partial charge in [-0.1, -0.05) is 26.0 Å². The summed E-state index contributed by atoms with van der Waals surface area (Å²) in [6.07, 6.45) is 1.52. The summed E-state index contributed by atoms with van der Waals surface area (Å²) in [6, 6.07) is 8.09. The molecule has 2 amide bonds. The Morgan fingerprint density at radius 3 is 2.40 bits per heavy atom. The number of nitrogens with one attached hydrogen (secondary N) is 1. The molecule has 1 N–H and O–H groups in total. The number of carbonyl (C=O) groups is 2. The molecule has 0 unspecified atom stereocenters. The quantitative estimate of drug-likeness (QED) is 0.858. The second kappa shape index (κ2) is 9.30. The largest absolute Gasteiger partial charge is 0.493 e. The number of ether oxygens (including phenoxy) is 2. The average molecular weight is 348 g/mol. The normalized spacial score (nSPS) is 15.1. The van der Waals surface area contributed by atoms with Crippen molar-refractivity contribution >= 4 is 12.0 Å². The van der Waals surface area contributed by atoms with Crippen LogP contribution in [0, 0.1) is 0 Å². The van der Waals surface area contributed by atoms with Crippen LogP contribution in [-0.2, 0) is 9.53 Å². The first-order chi connectivity index (χ1) is 12.0. The second-order valence-electron chi connectivity index (χ2n) is 6.62. The minimum atomic E-state index is -0.304. The summed E-state index contributed by atoms with van der Waals surface area (Å²) in [5.74, 6) is 1.25. The number of amides is 2. The third-order valence-corrected chi connectivity index (χ3v) is 4.44. The van der Waals surface area contributed by atoms with Gasteiger partial charge in [0.05, 0.1) is 20.1 Å². The summed E-state index contributed by atoms with van der Waals surface area (Å²) in [7, 11) is 1.38. The number of methoxy groups -OCH3 is 1. The summed E-state index contributed by atoms with van der Waals surface area (Å²) in [4.78, 5) is 25.1. The Morgan fingerprint density at radius 1 is 1.20 bits per heavy atom. The minimum Gasteiger partial charge on any atom is -0.493 e. The second-order valence-corrected chi connectivity index (χ2v) is 6.62. The van der Waals surface area contributed by atoms with Gasteiger partial charge in [0, 0.05) is 19.1 Å². The lowest BCUT2D eigenvalue weighted by atomic mass is 10.0. The first-order valence-electron chi connectivity index (χ1n) is 8.84. The van der Waals surface area contributed by atoms with Gasteiger partial charge in [-0.25, -0.2) is 4.79 Å². The zero-order chi connectivity index (χ0) is 18.2. The van der Waals surface area contributed by atoms with Crippen LogP contribution in [0.5, 0.6) is 5.75 Å². The van der Waals surface area contributed by atoms with Gasteiger partial charge in [-0.3, -0.25) is 4.79 Å². The summed E-state index contributed by atoms with van der Waals surface area (Å²) in [6.45, 7) is 5.87. The maximum absolute atomic E-state index is 12.0. The lowest BCUT2D eigenvalue weighted by Crippen LogP contribution is -2.46. The van der Waals surface area contributed by atoms with Crippen molar-refractivity contribution in [2.24, 2.45) is 0 Å². The molecular weight excluding hydrogens is 320 g/mol. The van der Waals surface area contributed by atoms with E-state index in [2.05, 4.69) is 31.3 Å². The lowest BCUT2D eigenvalue weighted by Gasteiger charge is -2.31. The Balaban J connectivity index is 1.65. The molecule has 1 aromatic carbocycles. The van der Waals surface area contributed by atoms with Gasteiger partial charge in [0.2, 0.25) is 5.91 Å². The maximum atomic E-state index is 12.0. The maximum Gasteiger partial charge on any atom is 0.409 e. The van der Waals surface area contributed by atoms with Crippen molar-refractivity contribution < 1.29 is 19.1 Å². The number of likely N-dealkylation sites (tertiary alicyclic amines) is 1. The fourth-order valence-corrected chi connectivity index (χ4v) is 2.85. The molecule has 0 spiro atoms. The van der Waals surface area contributed by atoms with Gasteiger partial charge >= 0.3 is 6.09 Å². The molecule has 0 radical (unpaired) electrons. The molecule has 0 aromatic heterocycles. The molecule has 0 atom stereocenters. The molecule has 0 saturated carbocycles. The zero-order valence-corrected chi connectivity index (χ0v) is 15.3. The average Bonchev–Trinajstić information content (AvgIpc) is 2.62. The third kappa shape index (κ3) is 5.96. The highest BCUT2D eigenvalue weighted by Crippen LogP contribution is 2.18. The van der Waals surface area contributed by atoms with Crippen molar-refractivity contribution in [2.45, 2.75) is 45.1 Å². The number of benzene rings is 1. The number of carbonyl (C=O) groups excluding carboxylic acids is 2. The van der Waals surface area contributed by atoms with Crippen molar-refractivity contribution in [1.29, 1.82) is 0 Å². The molecule has 1 heterocycles. The van der Waals surface area contributed by atoms with Crippen LogP contribution in [0.15, 0.2) is 24.3 Å². The first kappa shape index (κ1) is 19.1. The summed E-state index contributed by atoms with van der Waals surface area (Å²) >= 11 is 0. The van der Waals surface area contributed by atoms with E-state index < -0.39 is 0 Å². The predicted molar refractivity (Wildman–Crippen MR) is 95.8 cm³/mol. The molecule has 6 nitrogen and oxygen atoms in total. The molecule has 1 aliphatic rings. The van der Waals surface area contributed by atoms with E-state index in [1.807, 2.05) is 12.1 Å². The molecule has 2 rings (SSSR count). The highest BCUT2D eigenvalue weighted by atomic mass is 16.5. The van der Waals surface area contributed by atoms with Crippen molar-refractivity contribution in [2.75, 3.05) is 26.8 Å². The van der Waals surface area contributed by atoms with E-state index >= 15 is 0 Å². The van der Waals surface area contributed by atoms with E-state index in [-0.39, 0.29) is 18.0 Å². The fraction of sp³-hybridized carbons (Fsp3) is 0.579. The van der Waals surface area contributed by atoms with Gasteiger partial charge in [0.25, 0.3) is 0 Å². The Morgan fingerprint density at radius 2 is 1.84 bits per heavy atom. The van der Waals surface area contributed by atoms with Crippen LogP contribution in [0.2, 0.25) is 0 Å². The van der Waals surface area contributed by atoms with Crippen molar-refractivity contribution in [1.82, 2.24) is 10.2 Å². The van der Waals surface area contributed by atoms with Crippen LogP contribution in [0.4, 0.5) is 4.79 Å². The Bertz CT molecular complexity index is 563. The van der Waals surface area contributed by atoms with Crippen LogP contribution in [0.3, 0.4) is 0 Å². The summed E-state index contributed by atoms with van der Waals surface area (Å²) in [5.41, 5.74) is 1.27. The third-order valence-electron chi connectivity index (χ3n) is 4.44. The van der Waals surface area contributed by atoms with Crippen LogP contribution >= 0.6 is 0 Å². The van der Waals surface area contributed by atoms with E-state index in [1.165, 1.54) is 12.7 Å². The van der Waals surface area contributed by atoms with E-state index in [1.54, 1.807) is 4.90 Å². The highest BCUT2D eigenvalue weighted by Gasteiger charge is 2.24. The molecule has 1 saturated heterocycles. The smallest absolute Gasteiger partial charge is 0.409 e. The van der Waals surface area contributed by atoms with Crippen LogP contribution in [0.25, 0.3) is 0 Å². The standard InChI is InChI=1S/C19H28N2O4/c1-14(2)15-4-6-17(7-5-15)25-13-10-18(22)20-16-8-11-21(12-9-16)19(23)24-3/h4-7,14,16H,8-13H2,1-3H3,(H,20,22). The van der Waals surface area contributed by atoms with Crippen molar-refractivity contribution in [3.63, 3.8) is 0 Å². The molecule has 1 aliphatic heterocycles. The van der Waals surface area contributed by atoms with E-state index in [0.29, 0.717) is 32.0 Å². The van der Waals surface area contributed by atoms with E-state index in [0.717, 1.165) is 18.6 Å². The molecular formula is C19H28N2O4. The Kier molecular flexibility index (Phi) is 7.10. The molecule has 1 fully saturated rings. The van der Waals surface area contributed by atoms with Gasteiger partial charge in [-0.05, 0) is 36.5 Å². The number of piperidine rings is 1. The topological polar surface area (TPSA) is 67.9 Å². The van der Waals surface area contributed by atoms with Crippen molar-refractivity contribution in [3.8, 4) is 5.75 Å². The monoisotopic (exact) mass is 348 g/mol. The molecule has 1 aromatic rings. The fourth-order valence-electron chi connectivity index (χ4n) is 2.85. The Hall–Kier alpha value is -2.24. The number of hydrogen-bond donors (Lipinski definition) is 1. The molecule has 138 valence electrons. The van der Waals surface area contributed by atoms with Crippen LogP contribution in [0.1, 0.15) is 44.6 Å². The van der Waals surface area contributed by atoms with Crippen LogP contribution in [-0.4, -0.2) is 49.7 Å². The number of hydrogen-bond acceptors (Lipinski definition) is 4. The van der Waals surface area contributed by atoms with Gasteiger partial charge in [-0.2, -0.15) is 0 Å². The number of rotatable bonds is 6. The van der Waals surface area contributed by atoms with E-state index in [9.17, 15) is 9.59 Å². The molecule has 6 heteroatoms. The van der Waals surface area contributed by atoms with Gasteiger partial charge in [-0.15, -0.1) is 0 Å². The van der Waals surface area contributed by atoms with Crippen molar-refractivity contribution in [3.05, 3.63) is 29.8 Å². The van der Waals surface area contributed by atoms with Crippen LogP contribution < -0.4 is 10.1 Å². The summed E-state index contributed by atoms with van der Waals surface area (Å²) < 4.78 is 10.3. The lowest BCUT2D eigenvalue weighted by molar-refractivity contribution is -0.122. The van der Waals surface area contributed by atoms with E-state index in [4.69, 9.17) is 9.47 Å². The number of nitrogens with zero attached hydrogens (tertiary/aromatic N) is 1. The first-order valence-corrected chi connectivity index (χ1v) is 8.84. The molecule has 25 heavy (non-hydrogen) atoms.